The summed E-state index contributed by atoms with van der Waals surface area (Å²) in [6.07, 6.45) is 8.73. The van der Waals surface area contributed by atoms with E-state index in [1.54, 1.807) is 0 Å². The van der Waals surface area contributed by atoms with E-state index in [9.17, 15) is 24.6 Å². The molecule has 0 bridgehead atoms. The summed E-state index contributed by atoms with van der Waals surface area (Å²) >= 11 is 0. The van der Waals surface area contributed by atoms with Crippen LogP contribution in [0.4, 0.5) is 0 Å². The second kappa shape index (κ2) is 10.8. The van der Waals surface area contributed by atoms with Crippen molar-refractivity contribution in [1.29, 1.82) is 0 Å². The number of rotatable bonds is 5. The van der Waals surface area contributed by atoms with Gasteiger partial charge in [0, 0.05) is 17.8 Å². The fourth-order valence-corrected chi connectivity index (χ4v) is 12.7. The van der Waals surface area contributed by atoms with Crippen LogP contribution in [0.5, 0.6) is 0 Å². The highest BCUT2D eigenvalue weighted by Gasteiger charge is 2.70. The second-order valence-electron chi connectivity index (χ2n) is 18.3. The average Bonchev–Trinajstić information content (AvgIpc) is 2.96. The van der Waals surface area contributed by atoms with Crippen LogP contribution in [0.25, 0.3) is 0 Å². The summed E-state index contributed by atoms with van der Waals surface area (Å²) in [5.41, 5.74) is 0.360. The highest BCUT2D eigenvalue weighted by molar-refractivity contribution is 5.95. The van der Waals surface area contributed by atoms with E-state index in [1.807, 2.05) is 43.3 Å². The number of nitrogens with one attached hydrogen (secondary N) is 1. The molecule has 252 valence electrons. The molecule has 0 saturated heterocycles. The van der Waals surface area contributed by atoms with E-state index >= 15 is 0 Å². The maximum Gasteiger partial charge on any atom is 0.326 e. The van der Waals surface area contributed by atoms with Crippen LogP contribution in [0.1, 0.15) is 112 Å². The second-order valence-corrected chi connectivity index (χ2v) is 18.3. The topological polar surface area (TPSA) is 104 Å². The first kappa shape index (κ1) is 33.4. The van der Waals surface area contributed by atoms with Crippen molar-refractivity contribution >= 4 is 17.7 Å². The molecule has 1 aromatic rings. The molecule has 1 aromatic carbocycles. The lowest BCUT2D eigenvalue weighted by Gasteiger charge is -2.70. The molecule has 5 aliphatic rings. The Hall–Kier alpha value is -2.47. The maximum absolute atomic E-state index is 14.7. The predicted octanol–water partition coefficient (Wildman–Crippen LogP) is 7.39. The van der Waals surface area contributed by atoms with E-state index in [0.717, 1.165) is 44.1 Å². The van der Waals surface area contributed by atoms with Crippen LogP contribution >= 0.6 is 0 Å². The molecule has 46 heavy (non-hydrogen) atoms. The zero-order chi connectivity index (χ0) is 33.7. The molecule has 5 aliphatic carbocycles. The van der Waals surface area contributed by atoms with Gasteiger partial charge in [-0.2, -0.15) is 0 Å². The zero-order valence-electron chi connectivity index (χ0n) is 29.4. The number of benzene rings is 1. The smallest absolute Gasteiger partial charge is 0.326 e. The number of fused-ring (bicyclic) bond motifs is 7. The number of carbonyl (C=O) groups excluding carboxylic acids is 2. The molecule has 0 aliphatic heterocycles. The van der Waals surface area contributed by atoms with Gasteiger partial charge < -0.3 is 15.5 Å². The van der Waals surface area contributed by atoms with Gasteiger partial charge in [0.2, 0.25) is 5.91 Å². The number of hydrogen-bond donors (Lipinski definition) is 3. The Labute approximate surface area is 276 Å². The standard InChI is InChI=1S/C40H57NO5/c1-24-22-37(5)19-18-36(4,34(46)41-27(33(44)45)20-25-12-10-9-11-13-25)23-40(37,8)26-21-28(42)32-38(6)17-15-30(43)35(2,3)29(38)14-16-39(32,7)31(24)26/h9-13,21,24,27,29-32,43H,14-20,22-23H2,1-8H3,(H,41,46)(H,44,45)/t24-,27-,29+,30-,31+,32+,36+,37+,38-,39+,40+/m1/s1. The molecule has 0 aromatic heterocycles. The first-order valence-electron chi connectivity index (χ1n) is 17.8. The minimum Gasteiger partial charge on any atom is -0.480 e. The van der Waals surface area contributed by atoms with Crippen LogP contribution in [0.3, 0.4) is 0 Å². The lowest BCUT2D eigenvalue weighted by Crippen LogP contribution is -2.66. The van der Waals surface area contributed by atoms with E-state index in [0.29, 0.717) is 24.7 Å². The van der Waals surface area contributed by atoms with Gasteiger partial charge in [-0.15, -0.1) is 0 Å². The van der Waals surface area contributed by atoms with Gasteiger partial charge in [-0.1, -0.05) is 91.3 Å². The molecular formula is C40H57NO5. The summed E-state index contributed by atoms with van der Waals surface area (Å²) in [6, 6.07) is 8.45. The SMILES string of the molecule is C[C@@H]1C[C@]2(C)CC[C@](C)(C(=O)N[C@H](Cc3ccccc3)C(=O)O)C[C@@]2(C)C2=CC(=O)[C@H]3[C@]4(C)CC[C@@H](O)C(C)(C)[C@@H]4CC[C@@]3(C)[C@H]21. The number of ketones is 1. The highest BCUT2D eigenvalue weighted by atomic mass is 16.4. The summed E-state index contributed by atoms with van der Waals surface area (Å²) in [7, 11) is 0. The molecular weight excluding hydrogens is 574 g/mol. The first-order valence-corrected chi connectivity index (χ1v) is 17.8. The van der Waals surface area contributed by atoms with Crippen molar-refractivity contribution in [3.63, 3.8) is 0 Å². The molecule has 3 N–H and O–H groups in total. The Morgan fingerprint density at radius 3 is 2.24 bits per heavy atom. The molecule has 0 spiro atoms. The lowest BCUT2D eigenvalue weighted by atomic mass is 9.33. The van der Waals surface area contributed by atoms with Crippen LogP contribution in [0.2, 0.25) is 0 Å². The summed E-state index contributed by atoms with van der Waals surface area (Å²) in [6.45, 7) is 18.2. The number of carbonyl (C=O) groups is 3. The van der Waals surface area contributed by atoms with E-state index in [2.05, 4.69) is 53.8 Å². The fourth-order valence-electron chi connectivity index (χ4n) is 12.7. The van der Waals surface area contributed by atoms with Gasteiger partial charge in [-0.3, -0.25) is 9.59 Å². The van der Waals surface area contributed by atoms with E-state index in [1.165, 1.54) is 5.57 Å². The van der Waals surface area contributed by atoms with Gasteiger partial charge in [0.05, 0.1) is 6.10 Å². The number of carboxylic acids is 1. The van der Waals surface area contributed by atoms with Crippen molar-refractivity contribution in [3.8, 4) is 0 Å². The Morgan fingerprint density at radius 2 is 1.59 bits per heavy atom. The highest BCUT2D eigenvalue weighted by Crippen LogP contribution is 2.75. The largest absolute Gasteiger partial charge is 0.480 e. The molecule has 1 amide bonds. The van der Waals surface area contributed by atoms with Crippen molar-refractivity contribution in [2.75, 3.05) is 0 Å². The van der Waals surface area contributed by atoms with Gasteiger partial charge in [-0.25, -0.2) is 4.79 Å². The molecule has 6 nitrogen and oxygen atoms in total. The molecule has 4 fully saturated rings. The minimum atomic E-state index is -1.03. The molecule has 0 radical (unpaired) electrons. The van der Waals surface area contributed by atoms with Gasteiger partial charge in [0.1, 0.15) is 6.04 Å². The molecule has 11 atom stereocenters. The summed E-state index contributed by atoms with van der Waals surface area (Å²) < 4.78 is 0. The summed E-state index contributed by atoms with van der Waals surface area (Å²) in [5.74, 6) is -0.110. The third-order valence-electron chi connectivity index (χ3n) is 15.1. The van der Waals surface area contributed by atoms with Crippen molar-refractivity contribution in [1.82, 2.24) is 5.32 Å². The van der Waals surface area contributed by atoms with Crippen LogP contribution in [-0.2, 0) is 20.8 Å². The van der Waals surface area contributed by atoms with Crippen molar-refractivity contribution in [2.24, 2.45) is 56.2 Å². The number of aliphatic hydroxyl groups excluding tert-OH is 1. The quantitative estimate of drug-likeness (QED) is 0.315. The van der Waals surface area contributed by atoms with Crippen LogP contribution in [-0.4, -0.2) is 40.0 Å². The summed E-state index contributed by atoms with van der Waals surface area (Å²) in [4.78, 5) is 41.1. The Morgan fingerprint density at radius 1 is 0.935 bits per heavy atom. The Kier molecular flexibility index (Phi) is 7.83. The predicted molar refractivity (Wildman–Crippen MR) is 180 cm³/mol. The Bertz CT molecular complexity index is 1450. The first-order chi connectivity index (χ1) is 21.3. The van der Waals surface area contributed by atoms with Gasteiger partial charge in [-0.05, 0) is 108 Å². The van der Waals surface area contributed by atoms with Crippen LogP contribution in [0, 0.1) is 56.2 Å². The van der Waals surface area contributed by atoms with Gasteiger partial charge in [0.25, 0.3) is 0 Å². The van der Waals surface area contributed by atoms with Gasteiger partial charge in [0.15, 0.2) is 5.78 Å². The van der Waals surface area contributed by atoms with E-state index in [-0.39, 0.29) is 63.1 Å². The third-order valence-corrected chi connectivity index (χ3v) is 15.1. The van der Waals surface area contributed by atoms with Crippen molar-refractivity contribution in [2.45, 2.75) is 125 Å². The van der Waals surface area contributed by atoms with Crippen molar-refractivity contribution < 1.29 is 24.6 Å². The number of carboxylic acid groups (broad SMARTS) is 1. The number of aliphatic carboxylic acids is 1. The number of aliphatic hydroxyl groups is 1. The molecule has 4 saturated carbocycles. The molecule has 0 heterocycles. The zero-order valence-corrected chi connectivity index (χ0v) is 29.4. The maximum atomic E-state index is 14.7. The van der Waals surface area contributed by atoms with E-state index in [4.69, 9.17) is 0 Å². The number of hydrogen-bond acceptors (Lipinski definition) is 4. The normalized spacial score (nSPS) is 45.2. The van der Waals surface area contributed by atoms with Crippen molar-refractivity contribution in [3.05, 3.63) is 47.5 Å². The molecule has 6 rings (SSSR count). The molecule has 0 unspecified atom stereocenters. The monoisotopic (exact) mass is 631 g/mol. The number of allylic oxidation sites excluding steroid dienone is 2. The fraction of sp³-hybridized carbons (Fsp3) is 0.725. The number of amides is 1. The van der Waals surface area contributed by atoms with Gasteiger partial charge >= 0.3 is 5.97 Å². The van der Waals surface area contributed by atoms with Crippen LogP contribution < -0.4 is 5.32 Å². The lowest BCUT2D eigenvalue weighted by molar-refractivity contribution is -0.197. The van der Waals surface area contributed by atoms with E-state index < -0.39 is 17.4 Å². The summed E-state index contributed by atoms with van der Waals surface area (Å²) in [5, 5.41) is 24.0. The Balaban J connectivity index is 1.35. The third kappa shape index (κ3) is 4.70. The average molecular weight is 632 g/mol. The minimum absolute atomic E-state index is 0.0632. The molecule has 6 heteroatoms. The van der Waals surface area contributed by atoms with Crippen LogP contribution in [0.15, 0.2) is 42.0 Å².